The van der Waals surface area contributed by atoms with E-state index in [9.17, 15) is 14.0 Å². The Kier molecular flexibility index (Phi) is 9.52. The number of amides is 1. The first-order chi connectivity index (χ1) is 16.8. The van der Waals surface area contributed by atoms with E-state index in [1.54, 1.807) is 30.3 Å². The zero-order valence-electron chi connectivity index (χ0n) is 19.1. The van der Waals surface area contributed by atoms with Gasteiger partial charge < -0.3 is 15.2 Å². The minimum atomic E-state index is -0.976. The van der Waals surface area contributed by atoms with Gasteiger partial charge in [0.1, 0.15) is 17.7 Å². The number of halogens is 3. The van der Waals surface area contributed by atoms with Crippen LogP contribution in [-0.2, 0) is 4.79 Å². The summed E-state index contributed by atoms with van der Waals surface area (Å²) in [6.45, 7) is 2.12. The van der Waals surface area contributed by atoms with Gasteiger partial charge in [-0.15, -0.1) is 0 Å². The molecular formula is C27H26Cl2FNO4. The van der Waals surface area contributed by atoms with Crippen molar-refractivity contribution < 1.29 is 23.8 Å². The predicted octanol–water partition coefficient (Wildman–Crippen LogP) is 7.04. The van der Waals surface area contributed by atoms with Crippen molar-refractivity contribution in [3.63, 3.8) is 0 Å². The third kappa shape index (κ3) is 7.70. The minimum Gasteiger partial charge on any atom is -0.485 e. The van der Waals surface area contributed by atoms with Gasteiger partial charge in [0.05, 0.1) is 6.42 Å². The van der Waals surface area contributed by atoms with Gasteiger partial charge in [-0.2, -0.15) is 0 Å². The number of hydrogen-bond donors (Lipinski definition) is 2. The summed E-state index contributed by atoms with van der Waals surface area (Å²) in [7, 11) is 0. The number of aliphatic carboxylic acids is 1. The van der Waals surface area contributed by atoms with E-state index in [-0.39, 0.29) is 29.8 Å². The number of nitrogens with one attached hydrogen (secondary N) is 1. The molecule has 0 fully saturated rings. The number of carbonyl (C=O) groups excluding carboxylic acids is 1. The molecule has 3 aromatic carbocycles. The summed E-state index contributed by atoms with van der Waals surface area (Å²) in [5.74, 6) is -1.62. The van der Waals surface area contributed by atoms with E-state index in [4.69, 9.17) is 33.0 Å². The second-order valence-electron chi connectivity index (χ2n) is 8.11. The molecule has 35 heavy (non-hydrogen) atoms. The van der Waals surface area contributed by atoms with Gasteiger partial charge in [0.15, 0.2) is 0 Å². The lowest BCUT2D eigenvalue weighted by Crippen LogP contribution is -2.26. The van der Waals surface area contributed by atoms with E-state index in [1.807, 2.05) is 24.3 Å². The third-order valence-corrected chi connectivity index (χ3v) is 5.96. The van der Waals surface area contributed by atoms with Crippen LogP contribution in [-0.4, -0.2) is 23.5 Å². The topological polar surface area (TPSA) is 75.6 Å². The van der Waals surface area contributed by atoms with Crippen LogP contribution in [0, 0.1) is 5.82 Å². The van der Waals surface area contributed by atoms with Crippen molar-refractivity contribution in [1.82, 2.24) is 5.32 Å². The highest BCUT2D eigenvalue weighted by molar-refractivity contribution is 6.30. The summed E-state index contributed by atoms with van der Waals surface area (Å²) in [5, 5.41) is 12.2. The summed E-state index contributed by atoms with van der Waals surface area (Å²) >= 11 is 12.1. The summed E-state index contributed by atoms with van der Waals surface area (Å²) < 4.78 is 20.3. The number of ether oxygens (including phenoxy) is 1. The van der Waals surface area contributed by atoms with Gasteiger partial charge in [-0.1, -0.05) is 60.8 Å². The Hall–Kier alpha value is -3.09. The van der Waals surface area contributed by atoms with Crippen LogP contribution in [0.2, 0.25) is 10.0 Å². The zero-order valence-corrected chi connectivity index (χ0v) is 20.7. The lowest BCUT2D eigenvalue weighted by molar-refractivity contribution is -0.136. The molecule has 2 N–H and O–H groups in total. The van der Waals surface area contributed by atoms with Gasteiger partial charge in [-0.05, 0) is 53.9 Å². The molecule has 5 nitrogen and oxygen atoms in total. The van der Waals surface area contributed by atoms with E-state index < -0.39 is 17.9 Å². The normalized spacial score (nSPS) is 12.6. The zero-order chi connectivity index (χ0) is 25.4. The van der Waals surface area contributed by atoms with Crippen LogP contribution in [0.25, 0.3) is 0 Å². The van der Waals surface area contributed by atoms with E-state index in [0.29, 0.717) is 16.3 Å². The first-order valence-corrected chi connectivity index (χ1v) is 12.0. The number of carboxylic acids is 1. The number of benzene rings is 3. The molecule has 0 unspecified atom stereocenters. The molecule has 0 aliphatic heterocycles. The average Bonchev–Trinajstić information content (AvgIpc) is 2.81. The van der Waals surface area contributed by atoms with Crippen LogP contribution in [0.3, 0.4) is 0 Å². The standard InChI is InChI=1S/C27H26Cl2FNO4/c1-2-3-24(17-4-6-19(7-5-17)27(34)31-13-12-25(32)33)26(18-8-10-20(28)11-9-18)35-23-15-21(29)14-22(30)16-23/h4-11,14-16,24,26H,2-3,12-13H2,1H3,(H,31,34)(H,32,33)/t24-,26+/m1/s1. The molecule has 3 rings (SSSR count). The second kappa shape index (κ2) is 12.6. The van der Waals surface area contributed by atoms with Crippen LogP contribution in [0.4, 0.5) is 4.39 Å². The summed E-state index contributed by atoms with van der Waals surface area (Å²) in [6.07, 6.45) is 1.01. The Bertz CT molecular complexity index is 1130. The number of carboxylic acid groups (broad SMARTS) is 1. The van der Waals surface area contributed by atoms with Crippen molar-refractivity contribution >= 4 is 35.1 Å². The Balaban J connectivity index is 1.91. The lowest BCUT2D eigenvalue weighted by atomic mass is 9.85. The van der Waals surface area contributed by atoms with E-state index in [0.717, 1.165) is 24.0 Å². The molecule has 0 radical (unpaired) electrons. The van der Waals surface area contributed by atoms with Gasteiger partial charge in [0.25, 0.3) is 5.91 Å². The molecule has 1 amide bonds. The predicted molar refractivity (Wildman–Crippen MR) is 135 cm³/mol. The van der Waals surface area contributed by atoms with Gasteiger partial charge in [0.2, 0.25) is 0 Å². The molecule has 0 aliphatic rings. The monoisotopic (exact) mass is 517 g/mol. The number of carbonyl (C=O) groups is 2. The number of rotatable bonds is 11. The van der Waals surface area contributed by atoms with Gasteiger partial charge in [0, 0.05) is 34.1 Å². The fraction of sp³-hybridized carbons (Fsp3) is 0.259. The first kappa shape index (κ1) is 26.5. The van der Waals surface area contributed by atoms with Crippen molar-refractivity contribution in [2.75, 3.05) is 6.54 Å². The maximum absolute atomic E-state index is 14.0. The molecule has 0 heterocycles. The molecular weight excluding hydrogens is 492 g/mol. The highest BCUT2D eigenvalue weighted by atomic mass is 35.5. The van der Waals surface area contributed by atoms with Crippen molar-refractivity contribution in [3.05, 3.63) is 99.3 Å². The van der Waals surface area contributed by atoms with Crippen molar-refractivity contribution in [2.45, 2.75) is 38.2 Å². The van der Waals surface area contributed by atoms with Gasteiger partial charge in [-0.25, -0.2) is 4.39 Å². The SMILES string of the molecule is CCC[C@H](c1ccc(C(=O)NCCC(=O)O)cc1)[C@@H](Oc1cc(F)cc(Cl)c1)c1ccc(Cl)cc1. The summed E-state index contributed by atoms with van der Waals surface area (Å²) in [6, 6.07) is 18.5. The van der Waals surface area contributed by atoms with E-state index >= 15 is 0 Å². The largest absolute Gasteiger partial charge is 0.485 e. The quantitative estimate of drug-likeness (QED) is 0.286. The highest BCUT2D eigenvalue weighted by Gasteiger charge is 2.27. The van der Waals surface area contributed by atoms with Crippen LogP contribution in [0.5, 0.6) is 5.75 Å². The van der Waals surface area contributed by atoms with Crippen molar-refractivity contribution in [3.8, 4) is 5.75 Å². The second-order valence-corrected chi connectivity index (χ2v) is 8.98. The van der Waals surface area contributed by atoms with Crippen molar-refractivity contribution in [1.29, 1.82) is 0 Å². The van der Waals surface area contributed by atoms with E-state index in [1.165, 1.54) is 12.1 Å². The Morgan fingerprint density at radius 1 is 0.971 bits per heavy atom. The van der Waals surface area contributed by atoms with E-state index in [2.05, 4.69) is 12.2 Å². The fourth-order valence-electron chi connectivity index (χ4n) is 3.85. The van der Waals surface area contributed by atoms with Crippen LogP contribution >= 0.6 is 23.2 Å². The van der Waals surface area contributed by atoms with Gasteiger partial charge >= 0.3 is 5.97 Å². The summed E-state index contributed by atoms with van der Waals surface area (Å²) in [5.41, 5.74) is 2.23. The molecule has 0 saturated heterocycles. The highest BCUT2D eigenvalue weighted by Crippen LogP contribution is 2.39. The molecule has 8 heteroatoms. The molecule has 0 aromatic heterocycles. The Morgan fingerprint density at radius 2 is 1.63 bits per heavy atom. The molecule has 3 aromatic rings. The summed E-state index contributed by atoms with van der Waals surface area (Å²) in [4.78, 5) is 23.0. The van der Waals surface area contributed by atoms with Crippen LogP contribution < -0.4 is 10.1 Å². The molecule has 2 atom stereocenters. The average molecular weight is 518 g/mol. The first-order valence-electron chi connectivity index (χ1n) is 11.2. The molecule has 0 bridgehead atoms. The maximum atomic E-state index is 14.0. The molecule has 0 aliphatic carbocycles. The lowest BCUT2D eigenvalue weighted by Gasteiger charge is -2.29. The van der Waals surface area contributed by atoms with Crippen LogP contribution in [0.1, 0.15) is 59.7 Å². The minimum absolute atomic E-state index is 0.0526. The van der Waals surface area contributed by atoms with Crippen molar-refractivity contribution in [2.24, 2.45) is 0 Å². The third-order valence-electron chi connectivity index (χ3n) is 5.49. The molecule has 0 saturated carbocycles. The Labute approximate surface area is 213 Å². The molecule has 184 valence electrons. The Morgan fingerprint density at radius 3 is 2.23 bits per heavy atom. The van der Waals surface area contributed by atoms with Crippen LogP contribution in [0.15, 0.2) is 66.7 Å². The fourth-order valence-corrected chi connectivity index (χ4v) is 4.19. The number of hydrogen-bond acceptors (Lipinski definition) is 3. The molecule has 0 spiro atoms. The maximum Gasteiger partial charge on any atom is 0.305 e. The smallest absolute Gasteiger partial charge is 0.305 e. The van der Waals surface area contributed by atoms with Gasteiger partial charge in [-0.3, -0.25) is 9.59 Å².